The van der Waals surface area contributed by atoms with Crippen LogP contribution in [0.3, 0.4) is 0 Å². The number of hydrogen-bond acceptors (Lipinski definition) is 6. The molecule has 4 unspecified atom stereocenters. The van der Waals surface area contributed by atoms with E-state index >= 15 is 0 Å². The van der Waals surface area contributed by atoms with Gasteiger partial charge in [0.1, 0.15) is 12.2 Å². The number of rotatable bonds is 5. The first-order chi connectivity index (χ1) is 7.10. The van der Waals surface area contributed by atoms with Crippen molar-refractivity contribution in [3.63, 3.8) is 0 Å². The number of aliphatic hydroxyl groups excluding tert-OH is 2. The van der Waals surface area contributed by atoms with E-state index in [4.69, 9.17) is 10.2 Å². The minimum atomic E-state index is -2.41. The Morgan fingerprint density at radius 2 is 1.62 bits per heavy atom. The van der Waals surface area contributed by atoms with Crippen LogP contribution in [0.1, 0.15) is 27.7 Å². The number of ketones is 1. The van der Waals surface area contributed by atoms with Crippen molar-refractivity contribution < 1.29 is 29.6 Å². The van der Waals surface area contributed by atoms with Crippen molar-refractivity contribution in [1.29, 1.82) is 0 Å². The number of aliphatic hydroxyl groups is 3. The third-order valence-corrected chi connectivity index (χ3v) is 2.23. The summed E-state index contributed by atoms with van der Waals surface area (Å²) in [7, 11) is 0. The van der Waals surface area contributed by atoms with E-state index in [2.05, 4.69) is 4.74 Å². The van der Waals surface area contributed by atoms with Gasteiger partial charge in [-0.3, -0.25) is 4.79 Å². The normalized spacial score (nSPS) is 20.4. The largest absolute Gasteiger partial charge is 0.457 e. The number of Topliss-reactive ketones (excluding diaryl/α,β-unsaturated/α-hetero) is 1. The molecule has 0 aromatic heterocycles. The number of esters is 1. The highest BCUT2D eigenvalue weighted by Crippen LogP contribution is 2.13. The Labute approximate surface area is 93.8 Å². The first-order valence-electron chi connectivity index (χ1n) is 4.94. The van der Waals surface area contributed by atoms with Gasteiger partial charge in [-0.1, -0.05) is 0 Å². The van der Waals surface area contributed by atoms with E-state index < -0.39 is 35.7 Å². The van der Waals surface area contributed by atoms with E-state index in [1.54, 1.807) is 0 Å². The number of carbonyl (C=O) groups is 2. The predicted molar refractivity (Wildman–Crippen MR) is 54.5 cm³/mol. The van der Waals surface area contributed by atoms with Gasteiger partial charge in [0.25, 0.3) is 0 Å². The van der Waals surface area contributed by atoms with E-state index in [9.17, 15) is 14.7 Å². The summed E-state index contributed by atoms with van der Waals surface area (Å²) in [5, 5.41) is 27.7. The average Bonchev–Trinajstić information content (AvgIpc) is 2.15. The molecule has 3 N–H and O–H groups in total. The molecular formula is C10H18O6. The van der Waals surface area contributed by atoms with Crippen LogP contribution < -0.4 is 0 Å². The summed E-state index contributed by atoms with van der Waals surface area (Å²) in [5.41, 5.74) is -2.41. The van der Waals surface area contributed by atoms with Crippen molar-refractivity contribution in [2.75, 3.05) is 0 Å². The third-order valence-electron chi connectivity index (χ3n) is 2.23. The minimum Gasteiger partial charge on any atom is -0.457 e. The van der Waals surface area contributed by atoms with E-state index in [-0.39, 0.29) is 0 Å². The van der Waals surface area contributed by atoms with Crippen LogP contribution in [0.5, 0.6) is 0 Å². The molecule has 0 spiro atoms. The maximum atomic E-state index is 11.4. The minimum absolute atomic E-state index is 0.847. The van der Waals surface area contributed by atoms with Crippen molar-refractivity contribution >= 4 is 11.8 Å². The molecule has 0 radical (unpaired) electrons. The molecule has 0 heterocycles. The maximum absolute atomic E-state index is 11.4. The van der Waals surface area contributed by atoms with Gasteiger partial charge in [-0.05, 0) is 27.7 Å². The van der Waals surface area contributed by atoms with E-state index in [1.807, 2.05) is 0 Å². The van der Waals surface area contributed by atoms with Gasteiger partial charge in [-0.2, -0.15) is 0 Å². The molecule has 6 nitrogen and oxygen atoms in total. The standard InChI is InChI=1S/C10H18O6/c1-5(11)7(3)16-9(14)10(4,15)8(13)6(2)12/h5-7,11-12,15H,1-4H3. The molecule has 16 heavy (non-hydrogen) atoms. The molecular weight excluding hydrogens is 216 g/mol. The van der Waals surface area contributed by atoms with Gasteiger partial charge in [0.15, 0.2) is 0 Å². The van der Waals surface area contributed by atoms with Crippen LogP contribution in [0, 0.1) is 0 Å². The molecule has 4 atom stereocenters. The zero-order chi connectivity index (χ0) is 13.1. The van der Waals surface area contributed by atoms with Crippen molar-refractivity contribution in [3.05, 3.63) is 0 Å². The molecule has 0 aliphatic heterocycles. The highest BCUT2D eigenvalue weighted by molar-refractivity contribution is 6.08. The van der Waals surface area contributed by atoms with Gasteiger partial charge < -0.3 is 20.1 Å². The van der Waals surface area contributed by atoms with Gasteiger partial charge in [0.05, 0.1) is 6.10 Å². The second kappa shape index (κ2) is 5.38. The number of hydrogen-bond donors (Lipinski definition) is 3. The lowest BCUT2D eigenvalue weighted by Gasteiger charge is -2.24. The Morgan fingerprint density at radius 3 is 1.94 bits per heavy atom. The first kappa shape index (κ1) is 15.0. The second-order valence-electron chi connectivity index (χ2n) is 3.96. The molecule has 0 amide bonds. The third kappa shape index (κ3) is 3.55. The van der Waals surface area contributed by atoms with Crippen molar-refractivity contribution in [1.82, 2.24) is 0 Å². The summed E-state index contributed by atoms with van der Waals surface area (Å²) in [6.07, 6.45) is -3.23. The molecule has 0 aromatic carbocycles. The lowest BCUT2D eigenvalue weighted by molar-refractivity contribution is -0.178. The molecule has 0 fully saturated rings. The van der Waals surface area contributed by atoms with Crippen molar-refractivity contribution in [3.8, 4) is 0 Å². The highest BCUT2D eigenvalue weighted by Gasteiger charge is 2.43. The fourth-order valence-corrected chi connectivity index (χ4v) is 0.889. The Bertz CT molecular complexity index is 268. The van der Waals surface area contributed by atoms with Crippen LogP contribution in [0.15, 0.2) is 0 Å². The lowest BCUT2D eigenvalue weighted by atomic mass is 9.97. The topological polar surface area (TPSA) is 104 Å². The first-order valence-corrected chi connectivity index (χ1v) is 4.94. The zero-order valence-electron chi connectivity index (χ0n) is 9.80. The SMILES string of the molecule is CC(O)C(=O)C(C)(O)C(=O)OC(C)C(C)O. The van der Waals surface area contributed by atoms with Crippen LogP contribution in [0.25, 0.3) is 0 Å². The van der Waals surface area contributed by atoms with Gasteiger partial charge in [-0.25, -0.2) is 4.79 Å². The second-order valence-corrected chi connectivity index (χ2v) is 3.96. The summed E-state index contributed by atoms with van der Waals surface area (Å²) < 4.78 is 4.68. The van der Waals surface area contributed by atoms with E-state index in [0.29, 0.717) is 0 Å². The van der Waals surface area contributed by atoms with Gasteiger partial charge in [0, 0.05) is 0 Å². The number of carbonyl (C=O) groups excluding carboxylic acids is 2. The Morgan fingerprint density at radius 1 is 1.19 bits per heavy atom. The van der Waals surface area contributed by atoms with Crippen LogP contribution >= 0.6 is 0 Å². The van der Waals surface area contributed by atoms with Crippen LogP contribution in [0.2, 0.25) is 0 Å². The number of ether oxygens (including phenoxy) is 1. The molecule has 0 aliphatic carbocycles. The van der Waals surface area contributed by atoms with Crippen LogP contribution in [-0.4, -0.2) is 51.0 Å². The van der Waals surface area contributed by atoms with E-state index in [1.165, 1.54) is 13.8 Å². The Balaban J connectivity index is 4.65. The molecule has 0 saturated heterocycles. The lowest BCUT2D eigenvalue weighted by Crippen LogP contribution is -2.50. The average molecular weight is 234 g/mol. The van der Waals surface area contributed by atoms with Crippen molar-refractivity contribution in [2.24, 2.45) is 0 Å². The molecule has 0 rings (SSSR count). The predicted octanol–water partition coefficient (Wildman–Crippen LogP) is -1.00. The monoisotopic (exact) mass is 234 g/mol. The van der Waals surface area contributed by atoms with Gasteiger partial charge in [0.2, 0.25) is 11.4 Å². The van der Waals surface area contributed by atoms with Gasteiger partial charge >= 0.3 is 5.97 Å². The summed E-state index contributed by atoms with van der Waals surface area (Å²) in [5.74, 6) is -2.23. The molecule has 6 heteroatoms. The highest BCUT2D eigenvalue weighted by atomic mass is 16.6. The quantitative estimate of drug-likeness (QED) is 0.416. The summed E-state index contributed by atoms with van der Waals surface area (Å²) in [6, 6.07) is 0. The molecule has 0 saturated carbocycles. The van der Waals surface area contributed by atoms with E-state index in [0.717, 1.165) is 13.8 Å². The Hall–Kier alpha value is -0.980. The summed E-state index contributed by atoms with van der Waals surface area (Å²) in [6.45, 7) is 4.91. The molecule has 0 aromatic rings. The maximum Gasteiger partial charge on any atom is 0.346 e. The fraction of sp³-hybridized carbons (Fsp3) is 0.800. The molecule has 94 valence electrons. The smallest absolute Gasteiger partial charge is 0.346 e. The Kier molecular flexibility index (Phi) is 5.05. The molecule has 0 aliphatic rings. The van der Waals surface area contributed by atoms with Crippen LogP contribution in [0.4, 0.5) is 0 Å². The summed E-state index contributed by atoms with van der Waals surface area (Å²) >= 11 is 0. The van der Waals surface area contributed by atoms with Crippen LogP contribution in [-0.2, 0) is 14.3 Å². The zero-order valence-corrected chi connectivity index (χ0v) is 9.80. The fourth-order valence-electron chi connectivity index (χ4n) is 0.889. The van der Waals surface area contributed by atoms with Gasteiger partial charge in [-0.15, -0.1) is 0 Å². The molecule has 0 bridgehead atoms. The summed E-state index contributed by atoms with van der Waals surface area (Å²) in [4.78, 5) is 22.7. The van der Waals surface area contributed by atoms with Crippen molar-refractivity contribution in [2.45, 2.75) is 51.6 Å².